The molecule has 144 valence electrons. The lowest BCUT2D eigenvalue weighted by atomic mass is 9.84. The number of carbonyl (C=O) groups is 1. The third kappa shape index (κ3) is 4.13. The number of nitrogens with zero attached hydrogens (tertiary/aromatic N) is 3. The second-order valence-corrected chi connectivity index (χ2v) is 7.89. The Kier molecular flexibility index (Phi) is 5.12. The maximum Gasteiger partial charge on any atom is 0.248 e. The van der Waals surface area contributed by atoms with Gasteiger partial charge in [-0.05, 0) is 18.6 Å². The van der Waals surface area contributed by atoms with E-state index in [0.717, 1.165) is 43.7 Å². The number of rotatable bonds is 5. The monoisotopic (exact) mass is 369 g/mol. The minimum Gasteiger partial charge on any atom is -0.372 e. The summed E-state index contributed by atoms with van der Waals surface area (Å²) in [4.78, 5) is 20.4. The maximum absolute atomic E-state index is 11.7. The van der Waals surface area contributed by atoms with Gasteiger partial charge >= 0.3 is 0 Å². The van der Waals surface area contributed by atoms with E-state index in [1.807, 2.05) is 12.1 Å². The predicted octanol–water partition coefficient (Wildman–Crippen LogP) is 2.07. The summed E-state index contributed by atoms with van der Waals surface area (Å²) in [5.74, 6) is 0.00755. The van der Waals surface area contributed by atoms with Gasteiger partial charge in [0.2, 0.25) is 5.91 Å². The summed E-state index contributed by atoms with van der Waals surface area (Å²) in [5.41, 5.74) is 2.00. The van der Waals surface area contributed by atoms with Crippen molar-refractivity contribution in [2.75, 3.05) is 40.4 Å². The second-order valence-electron chi connectivity index (χ2n) is 7.89. The van der Waals surface area contributed by atoms with Gasteiger partial charge in [-0.1, -0.05) is 24.3 Å². The Morgan fingerprint density at radius 3 is 2.93 bits per heavy atom. The van der Waals surface area contributed by atoms with Gasteiger partial charge < -0.3 is 14.4 Å². The number of ether oxygens (including phenoxy) is 2. The third-order valence-electron chi connectivity index (χ3n) is 5.45. The molecule has 6 heteroatoms. The van der Waals surface area contributed by atoms with E-state index in [9.17, 15) is 4.79 Å². The normalized spacial score (nSPS) is 21.9. The van der Waals surface area contributed by atoms with Crippen LogP contribution in [0.5, 0.6) is 0 Å². The highest BCUT2D eigenvalue weighted by Crippen LogP contribution is 2.36. The van der Waals surface area contributed by atoms with Crippen LogP contribution < -0.4 is 0 Å². The number of hydrogen-bond donors (Lipinski definition) is 0. The van der Waals surface area contributed by atoms with Gasteiger partial charge in [0.05, 0.1) is 22.9 Å². The third-order valence-corrected chi connectivity index (χ3v) is 5.45. The van der Waals surface area contributed by atoms with Crippen molar-refractivity contribution in [2.24, 2.45) is 0 Å². The highest BCUT2D eigenvalue weighted by Gasteiger charge is 2.47. The van der Waals surface area contributed by atoms with E-state index in [1.165, 1.54) is 5.39 Å². The largest absolute Gasteiger partial charge is 0.372 e. The fourth-order valence-corrected chi connectivity index (χ4v) is 3.97. The molecule has 1 aromatic carbocycles. The molecule has 1 amide bonds. The average molecular weight is 369 g/mol. The Labute approximate surface area is 160 Å². The summed E-state index contributed by atoms with van der Waals surface area (Å²) in [6.07, 6.45) is 1.81. The van der Waals surface area contributed by atoms with Gasteiger partial charge in [-0.3, -0.25) is 14.7 Å². The minimum absolute atomic E-state index is 0.00755. The number of carbonyl (C=O) groups excluding carboxylic acids is 1. The Balaban J connectivity index is 1.30. The number of benzene rings is 1. The van der Waals surface area contributed by atoms with Crippen molar-refractivity contribution in [3.8, 4) is 0 Å². The fraction of sp³-hybridized carbons (Fsp3) is 0.524. The van der Waals surface area contributed by atoms with Crippen LogP contribution >= 0.6 is 0 Å². The SMILES string of the molecule is CN(C)C(=O)COC1CCOC2(C1)CN(Cc1ccc3ccccc3n1)C2. The highest BCUT2D eigenvalue weighted by molar-refractivity contribution is 5.78. The van der Waals surface area contributed by atoms with E-state index in [-0.39, 0.29) is 24.2 Å². The van der Waals surface area contributed by atoms with Crippen molar-refractivity contribution in [1.29, 1.82) is 0 Å². The Morgan fingerprint density at radius 1 is 1.30 bits per heavy atom. The number of para-hydroxylation sites is 1. The van der Waals surface area contributed by atoms with Crippen LogP contribution in [0.2, 0.25) is 0 Å². The molecule has 1 atom stereocenters. The first-order chi connectivity index (χ1) is 13.0. The van der Waals surface area contributed by atoms with Gasteiger partial charge in [-0.25, -0.2) is 0 Å². The van der Waals surface area contributed by atoms with Crippen LogP contribution in [0, 0.1) is 0 Å². The molecule has 2 aromatic rings. The Hall–Kier alpha value is -2.02. The van der Waals surface area contributed by atoms with Crippen LogP contribution in [0.25, 0.3) is 10.9 Å². The summed E-state index contributed by atoms with van der Waals surface area (Å²) in [6.45, 7) is 3.47. The van der Waals surface area contributed by atoms with Crippen molar-refractivity contribution in [1.82, 2.24) is 14.8 Å². The average Bonchev–Trinajstić information content (AvgIpc) is 2.65. The van der Waals surface area contributed by atoms with E-state index in [1.54, 1.807) is 19.0 Å². The van der Waals surface area contributed by atoms with Crippen LogP contribution in [0.4, 0.5) is 0 Å². The summed E-state index contributed by atoms with van der Waals surface area (Å²) in [5, 5.41) is 1.17. The number of aromatic nitrogens is 1. The zero-order chi connectivity index (χ0) is 18.9. The topological polar surface area (TPSA) is 54.9 Å². The first-order valence-corrected chi connectivity index (χ1v) is 9.56. The molecule has 2 saturated heterocycles. The molecule has 0 radical (unpaired) electrons. The van der Waals surface area contributed by atoms with Crippen molar-refractivity contribution in [3.05, 3.63) is 42.1 Å². The van der Waals surface area contributed by atoms with Gasteiger partial charge in [-0.15, -0.1) is 0 Å². The molecule has 2 aliphatic heterocycles. The van der Waals surface area contributed by atoms with Crippen LogP contribution in [0.1, 0.15) is 18.5 Å². The summed E-state index contributed by atoms with van der Waals surface area (Å²) in [6, 6.07) is 12.4. The minimum atomic E-state index is -0.124. The quantitative estimate of drug-likeness (QED) is 0.808. The molecule has 4 rings (SSSR count). The number of hydrogen-bond acceptors (Lipinski definition) is 5. The van der Waals surface area contributed by atoms with E-state index < -0.39 is 0 Å². The maximum atomic E-state index is 11.7. The molecule has 0 N–H and O–H groups in total. The zero-order valence-electron chi connectivity index (χ0n) is 16.1. The molecule has 0 aliphatic carbocycles. The molecular formula is C21H27N3O3. The first kappa shape index (κ1) is 18.3. The lowest BCUT2D eigenvalue weighted by Gasteiger charge is -2.53. The Bertz CT molecular complexity index is 817. The lowest BCUT2D eigenvalue weighted by molar-refractivity contribution is -0.200. The number of pyridine rings is 1. The smallest absolute Gasteiger partial charge is 0.248 e. The molecule has 27 heavy (non-hydrogen) atoms. The number of likely N-dealkylation sites (tertiary alicyclic amines) is 1. The van der Waals surface area contributed by atoms with E-state index in [4.69, 9.17) is 14.5 Å². The Morgan fingerprint density at radius 2 is 2.11 bits per heavy atom. The van der Waals surface area contributed by atoms with E-state index in [0.29, 0.717) is 6.61 Å². The van der Waals surface area contributed by atoms with Crippen molar-refractivity contribution in [3.63, 3.8) is 0 Å². The summed E-state index contributed by atoms with van der Waals surface area (Å²) < 4.78 is 11.9. The second kappa shape index (κ2) is 7.54. The molecule has 2 aliphatic rings. The van der Waals surface area contributed by atoms with Crippen LogP contribution in [-0.4, -0.2) is 72.8 Å². The fourth-order valence-electron chi connectivity index (χ4n) is 3.97. The van der Waals surface area contributed by atoms with Crippen molar-refractivity contribution >= 4 is 16.8 Å². The van der Waals surface area contributed by atoms with Gasteiger partial charge in [0.25, 0.3) is 0 Å². The summed E-state index contributed by atoms with van der Waals surface area (Å²) in [7, 11) is 3.50. The molecule has 0 bridgehead atoms. The van der Waals surface area contributed by atoms with Crippen molar-refractivity contribution in [2.45, 2.75) is 31.1 Å². The molecule has 2 fully saturated rings. The summed E-state index contributed by atoms with van der Waals surface area (Å²) >= 11 is 0. The molecule has 3 heterocycles. The molecule has 1 aromatic heterocycles. The van der Waals surface area contributed by atoms with Gasteiger partial charge in [-0.2, -0.15) is 0 Å². The van der Waals surface area contributed by atoms with Crippen LogP contribution in [0.3, 0.4) is 0 Å². The molecule has 0 saturated carbocycles. The van der Waals surface area contributed by atoms with Crippen LogP contribution in [0.15, 0.2) is 36.4 Å². The predicted molar refractivity (Wildman–Crippen MR) is 103 cm³/mol. The number of fused-ring (bicyclic) bond motifs is 1. The van der Waals surface area contributed by atoms with Crippen LogP contribution in [-0.2, 0) is 20.8 Å². The van der Waals surface area contributed by atoms with Gasteiger partial charge in [0.15, 0.2) is 0 Å². The van der Waals surface area contributed by atoms with Gasteiger partial charge in [0, 0.05) is 52.1 Å². The molecule has 1 spiro atoms. The molecule has 6 nitrogen and oxygen atoms in total. The van der Waals surface area contributed by atoms with Crippen molar-refractivity contribution < 1.29 is 14.3 Å². The van der Waals surface area contributed by atoms with E-state index in [2.05, 4.69) is 29.2 Å². The molecule has 1 unspecified atom stereocenters. The lowest BCUT2D eigenvalue weighted by Crippen LogP contribution is -2.65. The van der Waals surface area contributed by atoms with E-state index >= 15 is 0 Å². The zero-order valence-corrected chi connectivity index (χ0v) is 16.1. The standard InChI is InChI=1S/C21H27N3O3/c1-23(2)20(25)13-26-18-9-10-27-21(11-18)14-24(15-21)12-17-8-7-16-5-3-4-6-19(16)22-17/h3-8,18H,9-15H2,1-2H3. The van der Waals surface area contributed by atoms with Gasteiger partial charge in [0.1, 0.15) is 6.61 Å². The molecular weight excluding hydrogens is 342 g/mol. The number of likely N-dealkylation sites (N-methyl/N-ethyl adjacent to an activating group) is 1. The number of amides is 1. The first-order valence-electron chi connectivity index (χ1n) is 9.56. The highest BCUT2D eigenvalue weighted by atomic mass is 16.5.